The molecule has 0 radical (unpaired) electrons. The smallest absolute Gasteiger partial charge is 0.303 e. The zero-order valence-corrected chi connectivity index (χ0v) is 10.8. The number of aliphatic carboxylic acids is 1. The highest BCUT2D eigenvalue weighted by molar-refractivity contribution is 5.66. The number of aromatic nitrogens is 2. The number of carboxylic acids is 1. The number of rotatable bonds is 5. The second kappa shape index (κ2) is 6.09. The SMILES string of the molecule is Cc1cc(-c2ccccc2)nc(CCCC(=O)O)n1. The molecule has 0 saturated carbocycles. The highest BCUT2D eigenvalue weighted by Crippen LogP contribution is 2.17. The fourth-order valence-electron chi connectivity index (χ4n) is 1.90. The van der Waals surface area contributed by atoms with Gasteiger partial charge < -0.3 is 5.11 Å². The summed E-state index contributed by atoms with van der Waals surface area (Å²) in [5.74, 6) is -0.0731. The molecule has 19 heavy (non-hydrogen) atoms. The normalized spacial score (nSPS) is 10.4. The van der Waals surface area contributed by atoms with Gasteiger partial charge in [-0.25, -0.2) is 9.97 Å². The van der Waals surface area contributed by atoms with Gasteiger partial charge in [0.1, 0.15) is 5.82 Å². The number of hydrogen-bond acceptors (Lipinski definition) is 3. The summed E-state index contributed by atoms with van der Waals surface area (Å²) in [4.78, 5) is 19.4. The molecule has 2 rings (SSSR count). The van der Waals surface area contributed by atoms with Gasteiger partial charge in [-0.1, -0.05) is 30.3 Å². The molecule has 0 bridgehead atoms. The van der Waals surface area contributed by atoms with Crippen molar-refractivity contribution in [2.75, 3.05) is 0 Å². The highest BCUT2D eigenvalue weighted by Gasteiger charge is 2.05. The number of carbonyl (C=O) groups is 1. The number of hydrogen-bond donors (Lipinski definition) is 1. The van der Waals surface area contributed by atoms with E-state index < -0.39 is 5.97 Å². The van der Waals surface area contributed by atoms with E-state index in [0.717, 1.165) is 17.0 Å². The molecule has 0 aliphatic heterocycles. The average molecular weight is 256 g/mol. The summed E-state index contributed by atoms with van der Waals surface area (Å²) in [6.07, 6.45) is 1.30. The van der Waals surface area contributed by atoms with Crippen molar-refractivity contribution in [2.45, 2.75) is 26.2 Å². The topological polar surface area (TPSA) is 63.1 Å². The minimum Gasteiger partial charge on any atom is -0.481 e. The Morgan fingerprint density at radius 3 is 2.63 bits per heavy atom. The molecular formula is C15H16N2O2. The number of nitrogens with zero attached hydrogens (tertiary/aromatic N) is 2. The van der Waals surface area contributed by atoms with E-state index in [0.29, 0.717) is 18.7 Å². The third-order valence-electron chi connectivity index (χ3n) is 2.76. The molecule has 1 N–H and O–H groups in total. The minimum absolute atomic E-state index is 0.151. The van der Waals surface area contributed by atoms with Crippen molar-refractivity contribution >= 4 is 5.97 Å². The van der Waals surface area contributed by atoms with Crippen LogP contribution in [0.5, 0.6) is 0 Å². The van der Waals surface area contributed by atoms with Crippen molar-refractivity contribution < 1.29 is 9.90 Å². The van der Waals surface area contributed by atoms with Crippen LogP contribution in [-0.2, 0) is 11.2 Å². The Balaban J connectivity index is 2.18. The monoisotopic (exact) mass is 256 g/mol. The minimum atomic E-state index is -0.782. The molecule has 0 atom stereocenters. The van der Waals surface area contributed by atoms with Crippen molar-refractivity contribution in [3.05, 3.63) is 47.9 Å². The molecule has 1 aromatic heterocycles. The van der Waals surface area contributed by atoms with Crippen molar-refractivity contribution in [3.63, 3.8) is 0 Å². The Morgan fingerprint density at radius 1 is 1.21 bits per heavy atom. The predicted molar refractivity (Wildman–Crippen MR) is 72.8 cm³/mol. The zero-order chi connectivity index (χ0) is 13.7. The number of carboxylic acid groups (broad SMARTS) is 1. The molecule has 1 aromatic carbocycles. The lowest BCUT2D eigenvalue weighted by atomic mass is 10.1. The molecule has 0 aliphatic rings. The largest absolute Gasteiger partial charge is 0.481 e. The van der Waals surface area contributed by atoms with Gasteiger partial charge in [-0.3, -0.25) is 4.79 Å². The fraction of sp³-hybridized carbons (Fsp3) is 0.267. The van der Waals surface area contributed by atoms with Gasteiger partial charge in [-0.05, 0) is 19.4 Å². The van der Waals surface area contributed by atoms with Crippen LogP contribution >= 0.6 is 0 Å². The molecule has 0 saturated heterocycles. The summed E-state index contributed by atoms with van der Waals surface area (Å²) in [6.45, 7) is 1.93. The standard InChI is InChI=1S/C15H16N2O2/c1-11-10-13(12-6-3-2-4-7-12)17-14(16-11)8-5-9-15(18)19/h2-4,6-7,10H,5,8-9H2,1H3,(H,18,19). The van der Waals surface area contributed by atoms with Gasteiger partial charge in [0.15, 0.2) is 0 Å². The summed E-state index contributed by atoms with van der Waals surface area (Å²) < 4.78 is 0. The quantitative estimate of drug-likeness (QED) is 0.893. The lowest BCUT2D eigenvalue weighted by Crippen LogP contribution is -2.02. The second-order valence-electron chi connectivity index (χ2n) is 4.42. The van der Waals surface area contributed by atoms with Crippen LogP contribution in [0.2, 0.25) is 0 Å². The molecule has 0 fully saturated rings. The van der Waals surface area contributed by atoms with Gasteiger partial charge in [-0.15, -0.1) is 0 Å². The number of benzene rings is 1. The summed E-state index contributed by atoms with van der Waals surface area (Å²) in [5, 5.41) is 8.64. The Bertz CT molecular complexity index is 568. The first kappa shape index (κ1) is 13.2. The Hall–Kier alpha value is -2.23. The zero-order valence-electron chi connectivity index (χ0n) is 10.8. The van der Waals surface area contributed by atoms with Crippen molar-refractivity contribution in [1.82, 2.24) is 9.97 Å². The van der Waals surface area contributed by atoms with E-state index in [2.05, 4.69) is 9.97 Å². The Kier molecular flexibility index (Phi) is 4.23. The van der Waals surface area contributed by atoms with E-state index in [-0.39, 0.29) is 6.42 Å². The van der Waals surface area contributed by atoms with E-state index in [1.54, 1.807) is 0 Å². The van der Waals surface area contributed by atoms with Gasteiger partial charge >= 0.3 is 5.97 Å². The van der Waals surface area contributed by atoms with E-state index in [9.17, 15) is 4.79 Å². The van der Waals surface area contributed by atoms with Crippen LogP contribution in [0.25, 0.3) is 11.3 Å². The van der Waals surface area contributed by atoms with Crippen molar-refractivity contribution in [1.29, 1.82) is 0 Å². The van der Waals surface area contributed by atoms with Gasteiger partial charge in [0.05, 0.1) is 5.69 Å². The molecular weight excluding hydrogens is 240 g/mol. The molecule has 4 heteroatoms. The van der Waals surface area contributed by atoms with Gasteiger partial charge in [0.25, 0.3) is 0 Å². The van der Waals surface area contributed by atoms with Gasteiger partial charge in [-0.2, -0.15) is 0 Å². The van der Waals surface area contributed by atoms with Crippen LogP contribution in [-0.4, -0.2) is 21.0 Å². The first-order chi connectivity index (χ1) is 9.15. The lowest BCUT2D eigenvalue weighted by molar-refractivity contribution is -0.137. The Labute approximate surface area is 112 Å². The van der Waals surface area contributed by atoms with Crippen LogP contribution in [0.1, 0.15) is 24.4 Å². The third-order valence-corrected chi connectivity index (χ3v) is 2.76. The summed E-state index contributed by atoms with van der Waals surface area (Å²) in [5.41, 5.74) is 2.84. The third kappa shape index (κ3) is 3.88. The summed E-state index contributed by atoms with van der Waals surface area (Å²) in [7, 11) is 0. The first-order valence-corrected chi connectivity index (χ1v) is 6.27. The van der Waals surface area contributed by atoms with Gasteiger partial charge in [0.2, 0.25) is 0 Å². The first-order valence-electron chi connectivity index (χ1n) is 6.27. The molecule has 2 aromatic rings. The van der Waals surface area contributed by atoms with Crippen LogP contribution in [0.15, 0.2) is 36.4 Å². The molecule has 0 spiro atoms. The molecule has 4 nitrogen and oxygen atoms in total. The number of aryl methyl sites for hydroxylation is 2. The van der Waals surface area contributed by atoms with Crippen LogP contribution in [0, 0.1) is 6.92 Å². The van der Waals surface area contributed by atoms with E-state index in [1.807, 2.05) is 43.3 Å². The van der Waals surface area contributed by atoms with Crippen LogP contribution in [0.3, 0.4) is 0 Å². The maximum Gasteiger partial charge on any atom is 0.303 e. The molecule has 98 valence electrons. The maximum atomic E-state index is 10.5. The van der Waals surface area contributed by atoms with E-state index in [1.165, 1.54) is 0 Å². The highest BCUT2D eigenvalue weighted by atomic mass is 16.4. The summed E-state index contributed by atoms with van der Waals surface area (Å²) >= 11 is 0. The second-order valence-corrected chi connectivity index (χ2v) is 4.42. The van der Waals surface area contributed by atoms with Crippen LogP contribution < -0.4 is 0 Å². The van der Waals surface area contributed by atoms with E-state index in [4.69, 9.17) is 5.11 Å². The molecule has 0 amide bonds. The fourth-order valence-corrected chi connectivity index (χ4v) is 1.90. The Morgan fingerprint density at radius 2 is 1.95 bits per heavy atom. The predicted octanol–water partition coefficient (Wildman–Crippen LogP) is 2.86. The molecule has 1 heterocycles. The maximum absolute atomic E-state index is 10.5. The summed E-state index contributed by atoms with van der Waals surface area (Å²) in [6, 6.07) is 11.8. The molecule has 0 aliphatic carbocycles. The van der Waals surface area contributed by atoms with E-state index >= 15 is 0 Å². The lowest BCUT2D eigenvalue weighted by Gasteiger charge is -2.05. The molecule has 0 unspecified atom stereocenters. The van der Waals surface area contributed by atoms with Gasteiger partial charge in [0, 0.05) is 24.1 Å². The van der Waals surface area contributed by atoms with Crippen molar-refractivity contribution in [3.8, 4) is 11.3 Å². The van der Waals surface area contributed by atoms with Crippen LogP contribution in [0.4, 0.5) is 0 Å². The van der Waals surface area contributed by atoms with Crippen molar-refractivity contribution in [2.24, 2.45) is 0 Å². The average Bonchev–Trinajstić information content (AvgIpc) is 2.39.